The van der Waals surface area contributed by atoms with Gasteiger partial charge in [0.15, 0.2) is 0 Å². The Balaban J connectivity index is 1.43. The summed E-state index contributed by atoms with van der Waals surface area (Å²) in [4.78, 5) is 9.61. The summed E-state index contributed by atoms with van der Waals surface area (Å²) in [6, 6.07) is 18.2. The summed E-state index contributed by atoms with van der Waals surface area (Å²) in [5.74, 6) is 0.901. The van der Waals surface area contributed by atoms with Crippen LogP contribution in [0.1, 0.15) is 18.4 Å². The number of hydrogen-bond donors (Lipinski definition) is 1. The molecular weight excluding hydrogens is 380 g/mol. The molecule has 0 radical (unpaired) electrons. The second kappa shape index (κ2) is 7.94. The Morgan fingerprint density at radius 1 is 1.07 bits per heavy atom. The number of benzene rings is 2. The third kappa shape index (κ3) is 4.11. The number of rotatable bonds is 5. The van der Waals surface area contributed by atoms with E-state index in [2.05, 4.69) is 70.7 Å². The van der Waals surface area contributed by atoms with Gasteiger partial charge >= 0.3 is 0 Å². The van der Waals surface area contributed by atoms with Gasteiger partial charge in [0.25, 0.3) is 0 Å². The molecule has 150 valence electrons. The van der Waals surface area contributed by atoms with Gasteiger partial charge in [0.1, 0.15) is 5.82 Å². The van der Waals surface area contributed by atoms with Gasteiger partial charge in [-0.2, -0.15) is 0 Å². The van der Waals surface area contributed by atoms with Crippen LogP contribution in [0.15, 0.2) is 48.5 Å². The first-order valence-electron chi connectivity index (χ1n) is 10.5. The van der Waals surface area contributed by atoms with Crippen LogP contribution in [0.2, 0.25) is 5.02 Å². The number of fused-ring (bicyclic) bond motifs is 1. The minimum Gasteiger partial charge on any atom is -0.353 e. The molecule has 1 saturated carbocycles. The molecule has 1 aliphatic carbocycles. The van der Waals surface area contributed by atoms with E-state index < -0.39 is 0 Å². The zero-order valence-corrected chi connectivity index (χ0v) is 17.6. The van der Waals surface area contributed by atoms with Crippen LogP contribution >= 0.6 is 11.6 Å². The van der Waals surface area contributed by atoms with Crippen molar-refractivity contribution < 1.29 is 0 Å². The lowest BCUT2D eigenvalue weighted by molar-refractivity contribution is 0.316. The number of piperazine rings is 1. The highest BCUT2D eigenvalue weighted by atomic mass is 35.5. The predicted molar refractivity (Wildman–Crippen MR) is 122 cm³/mol. The van der Waals surface area contributed by atoms with Crippen LogP contribution in [-0.2, 0) is 6.54 Å². The Labute approximate surface area is 177 Å². The van der Waals surface area contributed by atoms with Crippen LogP contribution in [0, 0.1) is 0 Å². The monoisotopic (exact) mass is 406 g/mol. The van der Waals surface area contributed by atoms with Crippen molar-refractivity contribution in [3.63, 3.8) is 0 Å². The molecule has 2 aliphatic rings. The molecule has 0 atom stereocenters. The summed E-state index contributed by atoms with van der Waals surface area (Å²) in [6.45, 7) is 4.84. The Hall–Kier alpha value is -2.14. The summed E-state index contributed by atoms with van der Waals surface area (Å²) in [5, 5.41) is 5.20. The van der Waals surface area contributed by atoms with Gasteiger partial charge in [-0.1, -0.05) is 35.9 Å². The molecular formula is C24H27ClN4. The van der Waals surface area contributed by atoms with E-state index in [1.54, 1.807) is 0 Å². The van der Waals surface area contributed by atoms with Gasteiger partial charge in [-0.05, 0) is 60.8 Å². The van der Waals surface area contributed by atoms with Crippen molar-refractivity contribution in [3.8, 4) is 11.1 Å². The molecule has 2 aromatic carbocycles. The molecule has 4 nitrogen and oxygen atoms in total. The normalized spacial score (nSPS) is 17.3. The minimum absolute atomic E-state index is 0.733. The number of halogens is 1. The van der Waals surface area contributed by atoms with E-state index in [1.165, 1.54) is 29.5 Å². The summed E-state index contributed by atoms with van der Waals surface area (Å²) < 4.78 is 0. The average Bonchev–Trinajstić information content (AvgIpc) is 3.59. The van der Waals surface area contributed by atoms with E-state index in [9.17, 15) is 0 Å². The van der Waals surface area contributed by atoms with E-state index in [4.69, 9.17) is 16.6 Å². The molecule has 1 saturated heterocycles. The summed E-state index contributed by atoms with van der Waals surface area (Å²) in [5.41, 5.74) is 4.82. The van der Waals surface area contributed by atoms with Gasteiger partial charge < -0.3 is 10.2 Å². The lowest BCUT2D eigenvalue weighted by Gasteiger charge is -2.29. The van der Waals surface area contributed by atoms with Gasteiger partial charge in [-0.15, -0.1) is 0 Å². The summed E-state index contributed by atoms with van der Waals surface area (Å²) in [6.07, 6.45) is 2.68. The molecule has 3 aromatic rings. The molecule has 2 heterocycles. The fourth-order valence-electron chi connectivity index (χ4n) is 4.20. The van der Waals surface area contributed by atoms with Crippen LogP contribution in [0.3, 0.4) is 0 Å². The third-order valence-electron chi connectivity index (χ3n) is 6.03. The number of pyridine rings is 1. The predicted octanol–water partition coefficient (Wildman–Crippen LogP) is 4.56. The molecule has 1 aromatic heterocycles. The molecule has 1 N–H and O–H groups in total. The van der Waals surface area contributed by atoms with E-state index in [0.717, 1.165) is 60.5 Å². The molecule has 1 aliphatic heterocycles. The fraction of sp³-hybridized carbons (Fsp3) is 0.375. The van der Waals surface area contributed by atoms with Crippen molar-refractivity contribution in [2.24, 2.45) is 0 Å². The second-order valence-corrected chi connectivity index (χ2v) is 8.69. The number of aromatic nitrogens is 1. The van der Waals surface area contributed by atoms with Crippen molar-refractivity contribution in [2.45, 2.75) is 25.4 Å². The highest BCUT2D eigenvalue weighted by Crippen LogP contribution is 2.32. The second-order valence-electron chi connectivity index (χ2n) is 8.28. The smallest absolute Gasteiger partial charge is 0.148 e. The number of nitrogens with one attached hydrogen (secondary N) is 1. The lowest BCUT2D eigenvalue weighted by Crippen LogP contribution is -2.44. The quantitative estimate of drug-likeness (QED) is 0.673. The molecule has 0 unspecified atom stereocenters. The van der Waals surface area contributed by atoms with Crippen LogP contribution in [0.25, 0.3) is 22.0 Å². The number of nitrogens with zero attached hydrogens (tertiary/aromatic N) is 3. The molecule has 2 fully saturated rings. The van der Waals surface area contributed by atoms with E-state index in [-0.39, 0.29) is 0 Å². The van der Waals surface area contributed by atoms with Gasteiger partial charge in [0.2, 0.25) is 0 Å². The van der Waals surface area contributed by atoms with Crippen LogP contribution in [0.4, 0.5) is 5.82 Å². The molecule has 0 spiro atoms. The Morgan fingerprint density at radius 2 is 1.86 bits per heavy atom. The first-order chi connectivity index (χ1) is 14.2. The van der Waals surface area contributed by atoms with Crippen molar-refractivity contribution in [3.05, 3.63) is 59.1 Å². The zero-order chi connectivity index (χ0) is 19.8. The van der Waals surface area contributed by atoms with Crippen molar-refractivity contribution in [2.75, 3.05) is 38.1 Å². The molecule has 0 amide bonds. The molecule has 5 heteroatoms. The first-order valence-corrected chi connectivity index (χ1v) is 10.9. The maximum atomic E-state index is 6.62. The molecule has 5 rings (SSSR count). The van der Waals surface area contributed by atoms with Crippen molar-refractivity contribution in [1.82, 2.24) is 15.2 Å². The van der Waals surface area contributed by atoms with E-state index in [1.807, 2.05) is 0 Å². The highest BCUT2D eigenvalue weighted by molar-refractivity contribution is 6.33. The van der Waals surface area contributed by atoms with Crippen molar-refractivity contribution in [1.29, 1.82) is 0 Å². The van der Waals surface area contributed by atoms with Crippen LogP contribution in [-0.4, -0.2) is 49.2 Å². The van der Waals surface area contributed by atoms with Gasteiger partial charge in [0, 0.05) is 44.2 Å². The summed E-state index contributed by atoms with van der Waals surface area (Å²) >= 11 is 6.62. The standard InChI is InChI=1S/C24H27ClN4/c1-28(21-6-7-21)16-17-3-2-4-18(13-17)19-5-8-23-20(14-19)15-22(25)24(27-23)29-11-9-26-10-12-29/h2-5,8,13-15,21,26H,6-7,9-12,16H2,1H3. The van der Waals surface area contributed by atoms with Gasteiger partial charge in [-0.3, -0.25) is 4.90 Å². The largest absolute Gasteiger partial charge is 0.353 e. The van der Waals surface area contributed by atoms with E-state index >= 15 is 0 Å². The summed E-state index contributed by atoms with van der Waals surface area (Å²) in [7, 11) is 2.23. The first kappa shape index (κ1) is 18.9. The topological polar surface area (TPSA) is 31.4 Å². The zero-order valence-electron chi connectivity index (χ0n) is 16.9. The Morgan fingerprint density at radius 3 is 2.66 bits per heavy atom. The lowest BCUT2D eigenvalue weighted by atomic mass is 10.0. The number of hydrogen-bond acceptors (Lipinski definition) is 4. The SMILES string of the molecule is CN(Cc1cccc(-c2ccc3nc(N4CCNCC4)c(Cl)cc3c2)c1)C1CC1. The van der Waals surface area contributed by atoms with E-state index in [0.29, 0.717) is 0 Å². The molecule has 29 heavy (non-hydrogen) atoms. The maximum absolute atomic E-state index is 6.62. The Bertz CT molecular complexity index is 1020. The highest BCUT2D eigenvalue weighted by Gasteiger charge is 2.25. The van der Waals surface area contributed by atoms with Crippen LogP contribution < -0.4 is 10.2 Å². The average molecular weight is 407 g/mol. The third-order valence-corrected chi connectivity index (χ3v) is 6.31. The van der Waals surface area contributed by atoms with Crippen molar-refractivity contribution >= 4 is 28.3 Å². The minimum atomic E-state index is 0.733. The Kier molecular flexibility index (Phi) is 5.17. The maximum Gasteiger partial charge on any atom is 0.148 e. The van der Waals surface area contributed by atoms with Gasteiger partial charge in [0.05, 0.1) is 10.5 Å². The fourth-order valence-corrected chi connectivity index (χ4v) is 4.48. The van der Waals surface area contributed by atoms with Gasteiger partial charge in [-0.25, -0.2) is 4.98 Å². The number of anilines is 1. The van der Waals surface area contributed by atoms with Crippen LogP contribution in [0.5, 0.6) is 0 Å². The molecule has 0 bridgehead atoms.